The van der Waals surface area contributed by atoms with Gasteiger partial charge < -0.3 is 10.8 Å². The van der Waals surface area contributed by atoms with Crippen molar-refractivity contribution in [3.05, 3.63) is 58.4 Å². The number of hydrogen-bond donors (Lipinski definition) is 2. The number of carbonyl (C=O) groups is 1. The van der Waals surface area contributed by atoms with Gasteiger partial charge in [-0.05, 0) is 60.7 Å². The molecule has 0 aliphatic rings. The van der Waals surface area contributed by atoms with Gasteiger partial charge in [-0.3, -0.25) is 4.79 Å². The first-order valence-electron chi connectivity index (χ1n) is 7.15. The van der Waals surface area contributed by atoms with Crippen LogP contribution in [0.3, 0.4) is 0 Å². The second kappa shape index (κ2) is 7.57. The van der Waals surface area contributed by atoms with Crippen LogP contribution in [-0.2, 0) is 4.79 Å². The van der Waals surface area contributed by atoms with Gasteiger partial charge in [0.1, 0.15) is 5.82 Å². The summed E-state index contributed by atoms with van der Waals surface area (Å²) in [4.78, 5) is 10.8. The zero-order valence-corrected chi connectivity index (χ0v) is 14.2. The first-order chi connectivity index (χ1) is 10.3. The highest BCUT2D eigenvalue weighted by Crippen LogP contribution is 2.32. The van der Waals surface area contributed by atoms with E-state index >= 15 is 0 Å². The number of carboxylic acid groups (broad SMARTS) is 1. The molecule has 0 bridgehead atoms. The maximum Gasteiger partial charge on any atom is 0.305 e. The fourth-order valence-electron chi connectivity index (χ4n) is 2.78. The first-order valence-corrected chi connectivity index (χ1v) is 7.15. The highest BCUT2D eigenvalue weighted by Gasteiger charge is 2.19. The number of halogens is 2. The Labute approximate surface area is 141 Å². The number of hydrogen-bond acceptors (Lipinski definition) is 2. The molecule has 2 rings (SSSR count). The summed E-state index contributed by atoms with van der Waals surface area (Å²) in [6, 6.07) is 8.56. The number of carboxylic acids is 1. The molecule has 124 valence electrons. The average molecular weight is 338 g/mol. The van der Waals surface area contributed by atoms with Crippen molar-refractivity contribution in [3.63, 3.8) is 0 Å². The molecule has 2 aromatic rings. The first kappa shape index (κ1) is 19.1. The summed E-state index contributed by atoms with van der Waals surface area (Å²) in [5.41, 5.74) is 10.7. The predicted molar refractivity (Wildman–Crippen MR) is 92.5 cm³/mol. The maximum absolute atomic E-state index is 14.3. The summed E-state index contributed by atoms with van der Waals surface area (Å²) < 4.78 is 14.3. The zero-order chi connectivity index (χ0) is 16.4. The zero-order valence-electron chi connectivity index (χ0n) is 13.4. The van der Waals surface area contributed by atoms with Crippen molar-refractivity contribution >= 4 is 18.4 Å². The van der Waals surface area contributed by atoms with E-state index in [9.17, 15) is 9.18 Å². The molecule has 0 aliphatic heterocycles. The molecular weight excluding hydrogens is 317 g/mol. The molecule has 1 unspecified atom stereocenters. The lowest BCUT2D eigenvalue weighted by Gasteiger charge is -2.17. The van der Waals surface area contributed by atoms with E-state index in [1.807, 2.05) is 32.0 Å². The number of nitrogens with two attached hydrogens (primary N) is 1. The number of rotatable bonds is 4. The molecule has 0 aromatic heterocycles. The molecule has 0 aliphatic carbocycles. The summed E-state index contributed by atoms with van der Waals surface area (Å²) in [5.74, 6) is -1.47. The van der Waals surface area contributed by atoms with Crippen LogP contribution in [-0.4, -0.2) is 11.1 Å². The molecular formula is C18H21ClFNO2. The molecule has 0 spiro atoms. The normalized spacial score (nSPS) is 11.7. The molecule has 0 saturated carbocycles. The van der Waals surface area contributed by atoms with Gasteiger partial charge >= 0.3 is 5.97 Å². The molecule has 23 heavy (non-hydrogen) atoms. The molecule has 0 heterocycles. The lowest BCUT2D eigenvalue weighted by Crippen LogP contribution is -2.17. The molecule has 5 heteroatoms. The van der Waals surface area contributed by atoms with E-state index in [0.717, 1.165) is 22.3 Å². The molecule has 0 amide bonds. The lowest BCUT2D eigenvalue weighted by molar-refractivity contribution is -0.137. The third kappa shape index (κ3) is 4.09. The number of aliphatic carboxylic acids is 1. The molecule has 3 nitrogen and oxygen atoms in total. The van der Waals surface area contributed by atoms with Gasteiger partial charge in [-0.25, -0.2) is 4.39 Å². The quantitative estimate of drug-likeness (QED) is 0.873. The van der Waals surface area contributed by atoms with Crippen molar-refractivity contribution in [2.75, 3.05) is 0 Å². The van der Waals surface area contributed by atoms with Crippen LogP contribution in [0.15, 0.2) is 30.3 Å². The Morgan fingerprint density at radius 3 is 2.26 bits per heavy atom. The van der Waals surface area contributed by atoms with Crippen molar-refractivity contribution in [3.8, 4) is 11.1 Å². The van der Waals surface area contributed by atoms with Gasteiger partial charge in [0.25, 0.3) is 0 Å². The van der Waals surface area contributed by atoms with Crippen LogP contribution >= 0.6 is 12.4 Å². The highest BCUT2D eigenvalue weighted by atomic mass is 35.5. The minimum atomic E-state index is -1.04. The Kier molecular flexibility index (Phi) is 6.30. The van der Waals surface area contributed by atoms with Crippen molar-refractivity contribution in [2.24, 2.45) is 5.73 Å². The summed E-state index contributed by atoms with van der Waals surface area (Å²) >= 11 is 0. The van der Waals surface area contributed by atoms with Gasteiger partial charge in [-0.2, -0.15) is 0 Å². The van der Waals surface area contributed by atoms with Crippen molar-refractivity contribution in [2.45, 2.75) is 33.2 Å². The second-order valence-corrected chi connectivity index (χ2v) is 5.67. The Balaban J connectivity index is 0.00000264. The molecule has 0 radical (unpaired) electrons. The van der Waals surface area contributed by atoms with E-state index in [2.05, 4.69) is 0 Å². The van der Waals surface area contributed by atoms with Gasteiger partial charge in [0.15, 0.2) is 0 Å². The molecule has 1 atom stereocenters. The van der Waals surface area contributed by atoms with Crippen LogP contribution in [0.2, 0.25) is 0 Å². The fourth-order valence-corrected chi connectivity index (χ4v) is 2.78. The van der Waals surface area contributed by atoms with Crippen molar-refractivity contribution < 1.29 is 14.3 Å². The minimum absolute atomic E-state index is 0. The monoisotopic (exact) mass is 337 g/mol. The van der Waals surface area contributed by atoms with Crippen molar-refractivity contribution in [1.29, 1.82) is 0 Å². The number of aryl methyl sites for hydroxylation is 3. The molecule has 2 aromatic carbocycles. The minimum Gasteiger partial charge on any atom is -0.481 e. The smallest absolute Gasteiger partial charge is 0.305 e. The van der Waals surface area contributed by atoms with E-state index in [-0.39, 0.29) is 24.4 Å². The van der Waals surface area contributed by atoms with Crippen LogP contribution in [0.4, 0.5) is 4.39 Å². The third-order valence-corrected chi connectivity index (χ3v) is 3.85. The van der Waals surface area contributed by atoms with E-state index in [1.165, 1.54) is 0 Å². The maximum atomic E-state index is 14.3. The van der Waals surface area contributed by atoms with Crippen molar-refractivity contribution in [1.82, 2.24) is 0 Å². The fraction of sp³-hybridized carbons (Fsp3) is 0.278. The van der Waals surface area contributed by atoms with E-state index in [4.69, 9.17) is 10.8 Å². The lowest BCUT2D eigenvalue weighted by atomic mass is 9.91. The van der Waals surface area contributed by atoms with Crippen LogP contribution in [0.1, 0.15) is 34.7 Å². The Morgan fingerprint density at radius 2 is 1.74 bits per heavy atom. The van der Waals surface area contributed by atoms with Gasteiger partial charge in [0.2, 0.25) is 0 Å². The van der Waals surface area contributed by atoms with E-state index in [0.29, 0.717) is 5.56 Å². The van der Waals surface area contributed by atoms with Crippen LogP contribution in [0.5, 0.6) is 0 Å². The Hall–Kier alpha value is -1.91. The largest absolute Gasteiger partial charge is 0.481 e. The van der Waals surface area contributed by atoms with E-state index < -0.39 is 17.8 Å². The summed E-state index contributed by atoms with van der Waals surface area (Å²) in [6.07, 6.45) is -0.299. The van der Waals surface area contributed by atoms with Crippen LogP contribution < -0.4 is 5.73 Å². The second-order valence-electron chi connectivity index (χ2n) is 5.67. The SMILES string of the molecule is Cc1cc(-c2c(C)cccc2C)cc(C(N)CC(=O)O)c1F.Cl. The van der Waals surface area contributed by atoms with Gasteiger partial charge in [0, 0.05) is 11.6 Å². The van der Waals surface area contributed by atoms with Crippen LogP contribution in [0.25, 0.3) is 11.1 Å². The van der Waals surface area contributed by atoms with Gasteiger partial charge in [-0.15, -0.1) is 12.4 Å². The highest BCUT2D eigenvalue weighted by molar-refractivity contribution is 5.85. The van der Waals surface area contributed by atoms with Gasteiger partial charge in [0.05, 0.1) is 6.42 Å². The van der Waals surface area contributed by atoms with E-state index in [1.54, 1.807) is 19.1 Å². The molecule has 0 saturated heterocycles. The summed E-state index contributed by atoms with van der Waals surface area (Å²) in [7, 11) is 0. The number of benzene rings is 2. The molecule has 0 fully saturated rings. The Bertz CT molecular complexity index is 711. The molecule has 3 N–H and O–H groups in total. The summed E-state index contributed by atoms with van der Waals surface area (Å²) in [6.45, 7) is 5.67. The van der Waals surface area contributed by atoms with Gasteiger partial charge in [-0.1, -0.05) is 18.2 Å². The topological polar surface area (TPSA) is 63.3 Å². The van der Waals surface area contributed by atoms with Crippen LogP contribution in [0, 0.1) is 26.6 Å². The standard InChI is InChI=1S/C18H20FNO2.ClH/c1-10-5-4-6-11(2)17(10)13-7-12(3)18(19)14(8-13)15(20)9-16(21)22;/h4-8,15H,9,20H2,1-3H3,(H,21,22);1H. The third-order valence-electron chi connectivity index (χ3n) is 3.85. The Morgan fingerprint density at radius 1 is 1.17 bits per heavy atom. The predicted octanol–water partition coefficient (Wildman–Crippen LogP) is 4.31. The average Bonchev–Trinajstić information content (AvgIpc) is 2.41. The summed E-state index contributed by atoms with van der Waals surface area (Å²) in [5, 5.41) is 8.88.